The summed E-state index contributed by atoms with van der Waals surface area (Å²) >= 11 is 0. The Bertz CT molecular complexity index is 684. The Morgan fingerprint density at radius 2 is 2.17 bits per heavy atom. The molecule has 2 N–H and O–H groups in total. The van der Waals surface area contributed by atoms with Crippen LogP contribution < -0.4 is 10.5 Å². The van der Waals surface area contributed by atoms with Gasteiger partial charge in [0.25, 0.3) is 5.91 Å². The highest BCUT2D eigenvalue weighted by Crippen LogP contribution is 2.25. The average molecular weight is 328 g/mol. The summed E-state index contributed by atoms with van der Waals surface area (Å²) in [5, 5.41) is 4.51. The summed E-state index contributed by atoms with van der Waals surface area (Å²) < 4.78 is 7.48. The maximum Gasteiger partial charge on any atom is 0.278 e. The number of rotatable bonds is 6. The summed E-state index contributed by atoms with van der Waals surface area (Å²) in [6.07, 6.45) is 4.59. The summed E-state index contributed by atoms with van der Waals surface area (Å²) in [4.78, 5) is 14.8. The Balaban J connectivity index is 1.92. The Morgan fingerprint density at radius 1 is 1.38 bits per heavy atom. The van der Waals surface area contributed by atoms with Crippen LogP contribution in [0, 0.1) is 0 Å². The topological polar surface area (TPSA) is 73.4 Å². The van der Waals surface area contributed by atoms with Gasteiger partial charge in [0.05, 0.1) is 18.5 Å². The van der Waals surface area contributed by atoms with Gasteiger partial charge in [-0.1, -0.05) is 25.1 Å². The minimum atomic E-state index is -0.0938. The first kappa shape index (κ1) is 16.5. The van der Waals surface area contributed by atoms with E-state index in [1.54, 1.807) is 10.9 Å². The molecule has 0 radical (unpaired) electrons. The van der Waals surface area contributed by atoms with E-state index in [1.807, 2.05) is 42.2 Å². The molecule has 6 nitrogen and oxygen atoms in total. The number of carbonyl (C=O) groups is 1. The van der Waals surface area contributed by atoms with E-state index in [0.717, 1.165) is 31.5 Å². The molecule has 0 spiro atoms. The van der Waals surface area contributed by atoms with E-state index in [1.165, 1.54) is 0 Å². The monoisotopic (exact) mass is 328 g/mol. The number of amides is 1. The summed E-state index contributed by atoms with van der Waals surface area (Å²) in [6, 6.07) is 9.82. The molecule has 0 saturated carbocycles. The third-order valence-corrected chi connectivity index (χ3v) is 4.28. The molecule has 1 saturated heterocycles. The van der Waals surface area contributed by atoms with Gasteiger partial charge in [0.2, 0.25) is 0 Å². The largest absolute Gasteiger partial charge is 0.489 e. The predicted octanol–water partition coefficient (Wildman–Crippen LogP) is 2.22. The number of ether oxygens (including phenoxy) is 1. The maximum absolute atomic E-state index is 13.0. The molecule has 0 bridgehead atoms. The van der Waals surface area contributed by atoms with Gasteiger partial charge in [-0.05, 0) is 31.4 Å². The van der Waals surface area contributed by atoms with Crippen LogP contribution in [0.2, 0.25) is 0 Å². The van der Waals surface area contributed by atoms with E-state index in [-0.39, 0.29) is 11.9 Å². The van der Waals surface area contributed by atoms with Crippen LogP contribution in [0.25, 0.3) is 5.69 Å². The van der Waals surface area contributed by atoms with Crippen LogP contribution >= 0.6 is 0 Å². The Labute approximate surface area is 142 Å². The molecule has 6 heteroatoms. The second-order valence-corrected chi connectivity index (χ2v) is 6.00. The summed E-state index contributed by atoms with van der Waals surface area (Å²) in [5.74, 6) is 0.442. The van der Waals surface area contributed by atoms with E-state index >= 15 is 0 Å². The second-order valence-electron chi connectivity index (χ2n) is 6.00. The maximum atomic E-state index is 13.0. The number of aromatic nitrogens is 2. The van der Waals surface area contributed by atoms with Gasteiger partial charge in [-0.25, -0.2) is 4.68 Å². The number of hydrogen-bond donors (Lipinski definition) is 1. The number of para-hydroxylation sites is 1. The lowest BCUT2D eigenvalue weighted by Gasteiger charge is -2.22. The third-order valence-electron chi connectivity index (χ3n) is 4.28. The van der Waals surface area contributed by atoms with E-state index in [9.17, 15) is 4.79 Å². The smallest absolute Gasteiger partial charge is 0.278 e. The molecule has 1 unspecified atom stereocenters. The number of nitrogens with zero attached hydrogens (tertiary/aromatic N) is 3. The third kappa shape index (κ3) is 3.28. The van der Waals surface area contributed by atoms with Gasteiger partial charge in [0.1, 0.15) is 0 Å². The summed E-state index contributed by atoms with van der Waals surface area (Å²) in [5.41, 5.74) is 7.07. The molecule has 1 aromatic heterocycles. The van der Waals surface area contributed by atoms with Crippen LogP contribution in [0.4, 0.5) is 0 Å². The Kier molecular flexibility index (Phi) is 5.15. The first-order valence-electron chi connectivity index (χ1n) is 8.53. The number of carbonyl (C=O) groups excluding carboxylic acids is 1. The number of benzene rings is 1. The van der Waals surface area contributed by atoms with Gasteiger partial charge in [-0.3, -0.25) is 4.79 Å². The summed E-state index contributed by atoms with van der Waals surface area (Å²) in [6.45, 7) is 3.80. The van der Waals surface area contributed by atoms with Crippen LogP contribution in [-0.4, -0.2) is 46.3 Å². The minimum absolute atomic E-state index is 0.0938. The lowest BCUT2D eigenvalue weighted by Crippen LogP contribution is -2.40. The minimum Gasteiger partial charge on any atom is -0.489 e. The lowest BCUT2D eigenvalue weighted by molar-refractivity contribution is 0.0730. The van der Waals surface area contributed by atoms with E-state index in [4.69, 9.17) is 10.5 Å². The molecular weight excluding hydrogens is 304 g/mol. The van der Waals surface area contributed by atoms with Gasteiger partial charge < -0.3 is 15.4 Å². The highest BCUT2D eigenvalue weighted by Gasteiger charge is 2.32. The van der Waals surface area contributed by atoms with Crippen LogP contribution in [0.1, 0.15) is 36.7 Å². The second kappa shape index (κ2) is 7.49. The van der Waals surface area contributed by atoms with Crippen molar-refractivity contribution in [3.63, 3.8) is 0 Å². The molecule has 2 aromatic rings. The SMILES string of the molecule is CCCOc1cn(-c2ccccc2)nc1C(=O)N1CCCC1CN. The zero-order chi connectivity index (χ0) is 16.9. The van der Waals surface area contributed by atoms with Crippen molar-refractivity contribution in [1.29, 1.82) is 0 Å². The first-order valence-corrected chi connectivity index (χ1v) is 8.53. The van der Waals surface area contributed by atoms with Crippen molar-refractivity contribution < 1.29 is 9.53 Å². The van der Waals surface area contributed by atoms with Crippen LogP contribution in [0.3, 0.4) is 0 Å². The van der Waals surface area contributed by atoms with E-state index in [0.29, 0.717) is 24.6 Å². The molecular formula is C18H24N4O2. The highest BCUT2D eigenvalue weighted by molar-refractivity contribution is 5.95. The van der Waals surface area contributed by atoms with Crippen molar-refractivity contribution in [2.75, 3.05) is 19.7 Å². The fraction of sp³-hybridized carbons (Fsp3) is 0.444. The number of hydrogen-bond acceptors (Lipinski definition) is 4. The Morgan fingerprint density at radius 3 is 2.88 bits per heavy atom. The molecule has 0 aliphatic carbocycles. The van der Waals surface area contributed by atoms with Crippen LogP contribution in [-0.2, 0) is 0 Å². The molecule has 1 aromatic carbocycles. The van der Waals surface area contributed by atoms with E-state index in [2.05, 4.69) is 5.10 Å². The fourth-order valence-corrected chi connectivity index (χ4v) is 3.02. The zero-order valence-electron chi connectivity index (χ0n) is 14.0. The van der Waals surface area contributed by atoms with Gasteiger partial charge in [0.15, 0.2) is 11.4 Å². The summed E-state index contributed by atoms with van der Waals surface area (Å²) in [7, 11) is 0. The van der Waals surface area contributed by atoms with Crippen molar-refractivity contribution >= 4 is 5.91 Å². The average Bonchev–Trinajstić information content (AvgIpc) is 3.27. The lowest BCUT2D eigenvalue weighted by atomic mass is 10.2. The molecule has 1 fully saturated rings. The normalized spacial score (nSPS) is 17.2. The number of likely N-dealkylation sites (tertiary alicyclic amines) is 1. The standard InChI is InChI=1S/C18H24N4O2/c1-2-11-24-16-13-22(14-7-4-3-5-8-14)20-17(16)18(23)21-10-6-9-15(21)12-19/h3-5,7-8,13,15H,2,6,9-12,19H2,1H3. The van der Waals surface area contributed by atoms with Gasteiger partial charge >= 0.3 is 0 Å². The molecule has 24 heavy (non-hydrogen) atoms. The van der Waals surface area contributed by atoms with E-state index < -0.39 is 0 Å². The number of nitrogens with two attached hydrogens (primary N) is 1. The van der Waals surface area contributed by atoms with Crippen LogP contribution in [0.5, 0.6) is 5.75 Å². The van der Waals surface area contributed by atoms with Crippen molar-refractivity contribution in [2.24, 2.45) is 5.73 Å². The predicted molar refractivity (Wildman–Crippen MR) is 92.5 cm³/mol. The van der Waals surface area contributed by atoms with Crippen molar-refractivity contribution in [1.82, 2.24) is 14.7 Å². The van der Waals surface area contributed by atoms with Crippen molar-refractivity contribution in [3.8, 4) is 11.4 Å². The molecule has 3 rings (SSSR count). The molecule has 128 valence electrons. The highest BCUT2D eigenvalue weighted by atomic mass is 16.5. The van der Waals surface area contributed by atoms with Gasteiger partial charge in [0, 0.05) is 19.1 Å². The molecule has 1 amide bonds. The molecule has 1 aliphatic rings. The zero-order valence-corrected chi connectivity index (χ0v) is 14.0. The van der Waals surface area contributed by atoms with Gasteiger partial charge in [-0.15, -0.1) is 0 Å². The first-order chi connectivity index (χ1) is 11.7. The fourth-order valence-electron chi connectivity index (χ4n) is 3.02. The Hall–Kier alpha value is -2.34. The molecule has 2 heterocycles. The molecule has 1 aliphatic heterocycles. The van der Waals surface area contributed by atoms with Crippen molar-refractivity contribution in [3.05, 3.63) is 42.2 Å². The van der Waals surface area contributed by atoms with Crippen LogP contribution in [0.15, 0.2) is 36.5 Å². The van der Waals surface area contributed by atoms with Crippen molar-refractivity contribution in [2.45, 2.75) is 32.2 Å². The van der Waals surface area contributed by atoms with Gasteiger partial charge in [-0.2, -0.15) is 5.10 Å². The molecule has 1 atom stereocenters. The quantitative estimate of drug-likeness (QED) is 0.882.